The van der Waals surface area contributed by atoms with E-state index in [0.29, 0.717) is 18.9 Å². The molecule has 9 nitrogen and oxygen atoms in total. The van der Waals surface area contributed by atoms with Gasteiger partial charge in [-0.3, -0.25) is 10.1 Å². The van der Waals surface area contributed by atoms with Crippen LogP contribution in [-0.2, 0) is 38.8 Å². The van der Waals surface area contributed by atoms with Crippen LogP contribution in [0.2, 0.25) is 0 Å². The van der Waals surface area contributed by atoms with E-state index in [1.54, 1.807) is 12.1 Å². The minimum Gasteiger partial charge on any atom is -0.375 e. The topological polar surface area (TPSA) is 112 Å². The Morgan fingerprint density at radius 1 is 0.714 bits per heavy atom. The molecule has 0 amide bonds. The molecule has 218 valence electrons. The molecule has 0 aliphatic carbocycles. The summed E-state index contributed by atoms with van der Waals surface area (Å²) in [6, 6.07) is 34.6. The van der Waals surface area contributed by atoms with Crippen LogP contribution in [0.25, 0.3) is 0 Å². The Kier molecular flexibility index (Phi) is 10.3. The van der Waals surface area contributed by atoms with Gasteiger partial charge in [0.25, 0.3) is 5.69 Å². The van der Waals surface area contributed by atoms with E-state index < -0.39 is 35.6 Å². The van der Waals surface area contributed by atoms with Crippen LogP contribution in [0, 0.1) is 10.1 Å². The van der Waals surface area contributed by atoms with Gasteiger partial charge >= 0.3 is 0 Å². The zero-order valence-electron chi connectivity index (χ0n) is 23.0. The number of hydrogen-bond donors (Lipinski definition) is 2. The summed E-state index contributed by atoms with van der Waals surface area (Å²) < 4.78 is 25.1. The van der Waals surface area contributed by atoms with E-state index in [0.717, 1.165) is 16.7 Å². The third kappa shape index (κ3) is 8.00. The Morgan fingerprint density at radius 3 is 1.74 bits per heavy atom. The second-order valence-corrected chi connectivity index (χ2v) is 10.1. The maximum Gasteiger partial charge on any atom is 0.269 e. The van der Waals surface area contributed by atoms with Crippen molar-refractivity contribution in [3.63, 3.8) is 0 Å². The number of nitrogens with zero attached hydrogens (tertiary/aromatic N) is 1. The number of nitro groups is 1. The standard InChI is InChI=1S/C33H34N2O7/c36-33-30(34-27-16-18-28(19-17-27)35(37)38)32(41-22-26-14-8-3-9-15-26)31(40-21-25-12-6-2-7-13-25)29(42-33)23-39-20-24-10-4-1-5-11-24/h1-19,29-34,36H,20-23H2/t29-,30-,31-,32-,33-/m1/s1. The quantitative estimate of drug-likeness (QED) is 0.161. The maximum atomic E-state index is 11.2. The Bertz CT molecular complexity index is 1370. The summed E-state index contributed by atoms with van der Waals surface area (Å²) >= 11 is 0. The van der Waals surface area contributed by atoms with Gasteiger partial charge in [-0.05, 0) is 28.8 Å². The van der Waals surface area contributed by atoms with Crippen LogP contribution >= 0.6 is 0 Å². The molecule has 5 rings (SSSR count). The molecule has 1 heterocycles. The fourth-order valence-electron chi connectivity index (χ4n) is 4.88. The zero-order chi connectivity index (χ0) is 29.1. The molecule has 1 fully saturated rings. The normalized spacial score (nSPS) is 22.0. The van der Waals surface area contributed by atoms with Crippen molar-refractivity contribution in [1.82, 2.24) is 0 Å². The SMILES string of the molecule is O=[N+]([O-])c1ccc(N[C@@H]2[C@@H](OCc3ccccc3)[C@H](OCc3ccccc3)[C@@H](COCc3ccccc3)O[C@H]2O)cc1. The monoisotopic (exact) mass is 570 g/mol. The number of aliphatic hydroxyl groups excluding tert-OH is 1. The van der Waals surface area contributed by atoms with Crippen molar-refractivity contribution in [3.05, 3.63) is 142 Å². The van der Waals surface area contributed by atoms with E-state index in [-0.39, 0.29) is 18.9 Å². The molecule has 5 atom stereocenters. The van der Waals surface area contributed by atoms with Gasteiger partial charge < -0.3 is 29.4 Å². The highest BCUT2D eigenvalue weighted by atomic mass is 16.7. The van der Waals surface area contributed by atoms with Gasteiger partial charge in [0, 0.05) is 17.8 Å². The van der Waals surface area contributed by atoms with Crippen LogP contribution in [0.15, 0.2) is 115 Å². The molecular weight excluding hydrogens is 536 g/mol. The summed E-state index contributed by atoms with van der Waals surface area (Å²) in [5.74, 6) is 0. The van der Waals surface area contributed by atoms with E-state index >= 15 is 0 Å². The van der Waals surface area contributed by atoms with Gasteiger partial charge in [-0.15, -0.1) is 0 Å². The smallest absolute Gasteiger partial charge is 0.269 e. The Hall–Kier alpha value is -4.12. The highest BCUT2D eigenvalue weighted by molar-refractivity contribution is 5.49. The van der Waals surface area contributed by atoms with Crippen LogP contribution in [0.3, 0.4) is 0 Å². The Morgan fingerprint density at radius 2 is 1.21 bits per heavy atom. The summed E-state index contributed by atoms with van der Waals surface area (Å²) in [4.78, 5) is 10.7. The highest BCUT2D eigenvalue weighted by Crippen LogP contribution is 2.30. The third-order valence-electron chi connectivity index (χ3n) is 7.04. The predicted molar refractivity (Wildman–Crippen MR) is 158 cm³/mol. The number of nitrogens with one attached hydrogen (secondary N) is 1. The molecule has 0 aromatic heterocycles. The van der Waals surface area contributed by atoms with E-state index in [4.69, 9.17) is 18.9 Å². The molecule has 4 aromatic rings. The molecule has 0 unspecified atom stereocenters. The first-order valence-electron chi connectivity index (χ1n) is 13.8. The lowest BCUT2D eigenvalue weighted by molar-refractivity contribution is -0.384. The fraction of sp³-hybridized carbons (Fsp3) is 0.273. The predicted octanol–water partition coefficient (Wildman–Crippen LogP) is 5.48. The molecule has 9 heteroatoms. The summed E-state index contributed by atoms with van der Waals surface area (Å²) in [6.45, 7) is 1.12. The van der Waals surface area contributed by atoms with E-state index in [2.05, 4.69) is 5.32 Å². The first kappa shape index (κ1) is 29.4. The fourth-order valence-corrected chi connectivity index (χ4v) is 4.88. The van der Waals surface area contributed by atoms with Gasteiger partial charge in [0.1, 0.15) is 24.4 Å². The lowest BCUT2D eigenvalue weighted by Crippen LogP contribution is -2.62. The van der Waals surface area contributed by atoms with Crippen molar-refractivity contribution in [2.75, 3.05) is 11.9 Å². The average Bonchev–Trinajstić information content (AvgIpc) is 3.02. The minimum absolute atomic E-state index is 0.0300. The molecular formula is C33H34N2O7. The molecule has 1 aliphatic heterocycles. The van der Waals surface area contributed by atoms with Gasteiger partial charge in [-0.1, -0.05) is 91.0 Å². The first-order valence-corrected chi connectivity index (χ1v) is 13.8. The molecule has 0 radical (unpaired) electrons. The molecule has 0 spiro atoms. The van der Waals surface area contributed by atoms with Gasteiger partial charge in [-0.2, -0.15) is 0 Å². The van der Waals surface area contributed by atoms with Crippen molar-refractivity contribution in [2.45, 2.75) is 50.5 Å². The van der Waals surface area contributed by atoms with Crippen LogP contribution in [0.1, 0.15) is 16.7 Å². The van der Waals surface area contributed by atoms with E-state index in [9.17, 15) is 15.2 Å². The van der Waals surface area contributed by atoms with Crippen LogP contribution in [0.5, 0.6) is 0 Å². The number of non-ortho nitro benzene ring substituents is 1. The minimum atomic E-state index is -1.28. The largest absolute Gasteiger partial charge is 0.375 e. The van der Waals surface area contributed by atoms with Crippen molar-refractivity contribution in [2.24, 2.45) is 0 Å². The summed E-state index contributed by atoms with van der Waals surface area (Å²) in [5, 5.41) is 25.7. The molecule has 2 N–H and O–H groups in total. The van der Waals surface area contributed by atoms with Crippen molar-refractivity contribution in [3.8, 4) is 0 Å². The average molecular weight is 571 g/mol. The molecule has 0 bridgehead atoms. The number of anilines is 1. The molecule has 0 saturated carbocycles. The van der Waals surface area contributed by atoms with Crippen molar-refractivity contribution in [1.29, 1.82) is 0 Å². The molecule has 1 saturated heterocycles. The van der Waals surface area contributed by atoms with Crippen LogP contribution < -0.4 is 5.32 Å². The summed E-state index contributed by atoms with van der Waals surface area (Å²) in [6.07, 6.45) is -3.20. The van der Waals surface area contributed by atoms with Crippen molar-refractivity contribution < 1.29 is 29.0 Å². The van der Waals surface area contributed by atoms with E-state index in [1.807, 2.05) is 91.0 Å². The number of benzene rings is 4. The Labute approximate surface area is 244 Å². The van der Waals surface area contributed by atoms with Gasteiger partial charge in [0.15, 0.2) is 6.29 Å². The maximum absolute atomic E-state index is 11.2. The second kappa shape index (κ2) is 14.7. The van der Waals surface area contributed by atoms with Gasteiger partial charge in [0.2, 0.25) is 0 Å². The first-order chi connectivity index (χ1) is 20.6. The zero-order valence-corrected chi connectivity index (χ0v) is 23.0. The third-order valence-corrected chi connectivity index (χ3v) is 7.04. The van der Waals surface area contributed by atoms with Crippen molar-refractivity contribution >= 4 is 11.4 Å². The van der Waals surface area contributed by atoms with E-state index in [1.165, 1.54) is 12.1 Å². The number of nitro benzene ring substituents is 1. The Balaban J connectivity index is 1.39. The van der Waals surface area contributed by atoms with Gasteiger partial charge in [-0.25, -0.2) is 0 Å². The second-order valence-electron chi connectivity index (χ2n) is 10.1. The van der Waals surface area contributed by atoms with Gasteiger partial charge in [0.05, 0.1) is 31.4 Å². The highest BCUT2D eigenvalue weighted by Gasteiger charge is 2.47. The summed E-state index contributed by atoms with van der Waals surface area (Å²) in [5.41, 5.74) is 3.51. The lowest BCUT2D eigenvalue weighted by atomic mass is 9.95. The summed E-state index contributed by atoms with van der Waals surface area (Å²) in [7, 11) is 0. The van der Waals surface area contributed by atoms with Crippen LogP contribution in [-0.4, -0.2) is 47.3 Å². The van der Waals surface area contributed by atoms with Crippen LogP contribution in [0.4, 0.5) is 11.4 Å². The number of aliphatic hydroxyl groups is 1. The number of rotatable bonds is 13. The molecule has 1 aliphatic rings. The number of ether oxygens (including phenoxy) is 4. The number of hydrogen-bond acceptors (Lipinski definition) is 8. The lowest BCUT2D eigenvalue weighted by Gasteiger charge is -2.45. The molecule has 42 heavy (non-hydrogen) atoms. The molecule has 4 aromatic carbocycles.